The van der Waals surface area contributed by atoms with Crippen molar-refractivity contribution in [3.05, 3.63) is 45.2 Å². The highest BCUT2D eigenvalue weighted by atomic mass is 79.9. The van der Waals surface area contributed by atoms with Crippen molar-refractivity contribution >= 4 is 43.0 Å². The predicted molar refractivity (Wildman–Crippen MR) is 86.8 cm³/mol. The van der Waals surface area contributed by atoms with Crippen LogP contribution in [0.1, 0.15) is 10.4 Å². The van der Waals surface area contributed by atoms with Crippen molar-refractivity contribution in [3.63, 3.8) is 0 Å². The third-order valence-corrected chi connectivity index (χ3v) is 6.22. The van der Waals surface area contributed by atoms with Gasteiger partial charge in [-0.2, -0.15) is 0 Å². The zero-order chi connectivity index (χ0) is 14.8. The molecular formula is C13H15BrN2O2S2. The van der Waals surface area contributed by atoms with Crippen LogP contribution in [0.2, 0.25) is 0 Å². The Morgan fingerprint density at radius 2 is 2.00 bits per heavy atom. The van der Waals surface area contributed by atoms with Gasteiger partial charge in [0.05, 0.1) is 5.69 Å². The molecule has 7 heteroatoms. The number of sulfonamides is 1. The zero-order valence-electron chi connectivity index (χ0n) is 11.1. The number of nitrogens with one attached hydrogen (secondary N) is 2. The van der Waals surface area contributed by atoms with Crippen LogP contribution in [0.3, 0.4) is 0 Å². The highest BCUT2D eigenvalue weighted by Crippen LogP contribution is 2.28. The van der Waals surface area contributed by atoms with E-state index in [1.807, 2.05) is 32.2 Å². The molecule has 0 amide bonds. The molecule has 0 atom stereocenters. The van der Waals surface area contributed by atoms with Gasteiger partial charge >= 0.3 is 0 Å². The van der Waals surface area contributed by atoms with Gasteiger partial charge in [-0.3, -0.25) is 4.72 Å². The summed E-state index contributed by atoms with van der Waals surface area (Å²) in [7, 11) is -1.71. The molecular weight excluding hydrogens is 360 g/mol. The molecule has 0 saturated carbocycles. The second-order valence-corrected chi connectivity index (χ2v) is 8.27. The quantitative estimate of drug-likeness (QED) is 0.843. The van der Waals surface area contributed by atoms with E-state index in [4.69, 9.17) is 0 Å². The summed E-state index contributed by atoms with van der Waals surface area (Å²) in [4.78, 5) is 0.982. The monoisotopic (exact) mass is 374 g/mol. The van der Waals surface area contributed by atoms with Crippen molar-refractivity contribution in [1.29, 1.82) is 0 Å². The first-order chi connectivity index (χ1) is 9.42. The minimum atomic E-state index is -3.54. The van der Waals surface area contributed by atoms with Crippen molar-refractivity contribution in [1.82, 2.24) is 5.32 Å². The summed E-state index contributed by atoms with van der Waals surface area (Å²) in [6.07, 6.45) is 0. The SMILES string of the molecule is CNCc1ccc(S(=O)(=O)Nc2ccc(C)cc2Br)s1. The molecule has 108 valence electrons. The average molecular weight is 375 g/mol. The van der Waals surface area contributed by atoms with Gasteiger partial charge in [0, 0.05) is 15.9 Å². The fourth-order valence-corrected chi connectivity index (χ4v) is 4.84. The maximum Gasteiger partial charge on any atom is 0.271 e. The van der Waals surface area contributed by atoms with Crippen molar-refractivity contribution in [2.24, 2.45) is 0 Å². The molecule has 1 heterocycles. The molecule has 4 nitrogen and oxygen atoms in total. The van der Waals surface area contributed by atoms with Crippen molar-refractivity contribution in [2.75, 3.05) is 11.8 Å². The highest BCUT2D eigenvalue weighted by molar-refractivity contribution is 9.10. The molecule has 0 unspecified atom stereocenters. The maximum absolute atomic E-state index is 12.3. The molecule has 0 radical (unpaired) electrons. The highest BCUT2D eigenvalue weighted by Gasteiger charge is 2.18. The largest absolute Gasteiger partial charge is 0.315 e. The predicted octanol–water partition coefficient (Wildman–Crippen LogP) is 3.34. The Kier molecular flexibility index (Phi) is 4.85. The van der Waals surface area contributed by atoms with E-state index < -0.39 is 10.0 Å². The van der Waals surface area contributed by atoms with E-state index in [1.54, 1.807) is 12.1 Å². The average Bonchev–Trinajstić information content (AvgIpc) is 2.83. The van der Waals surface area contributed by atoms with Crippen LogP contribution in [-0.2, 0) is 16.6 Å². The molecule has 2 rings (SSSR count). The van der Waals surface area contributed by atoms with Gasteiger partial charge < -0.3 is 5.32 Å². The van der Waals surface area contributed by atoms with E-state index in [0.717, 1.165) is 14.9 Å². The number of anilines is 1. The topological polar surface area (TPSA) is 58.2 Å². The Balaban J connectivity index is 2.26. The smallest absolute Gasteiger partial charge is 0.271 e. The van der Waals surface area contributed by atoms with Gasteiger partial charge in [0.2, 0.25) is 0 Å². The summed E-state index contributed by atoms with van der Waals surface area (Å²) in [6.45, 7) is 2.61. The van der Waals surface area contributed by atoms with Crippen LogP contribution in [0.5, 0.6) is 0 Å². The fraction of sp³-hybridized carbons (Fsp3) is 0.231. The minimum absolute atomic E-state index is 0.315. The number of benzene rings is 1. The number of rotatable bonds is 5. The number of hydrogen-bond acceptors (Lipinski definition) is 4. The number of thiophene rings is 1. The lowest BCUT2D eigenvalue weighted by Gasteiger charge is -2.08. The zero-order valence-corrected chi connectivity index (χ0v) is 14.3. The summed E-state index contributed by atoms with van der Waals surface area (Å²) >= 11 is 4.63. The Morgan fingerprint density at radius 3 is 2.65 bits per heavy atom. The Labute approximate surface area is 131 Å². The first kappa shape index (κ1) is 15.5. The molecule has 20 heavy (non-hydrogen) atoms. The van der Waals surface area contributed by atoms with Crippen molar-refractivity contribution < 1.29 is 8.42 Å². The third-order valence-electron chi connectivity index (χ3n) is 2.62. The van der Waals surface area contributed by atoms with Crippen LogP contribution >= 0.6 is 27.3 Å². The lowest BCUT2D eigenvalue weighted by Crippen LogP contribution is -2.11. The van der Waals surface area contributed by atoms with Crippen molar-refractivity contribution in [2.45, 2.75) is 17.7 Å². The Bertz CT molecular complexity index is 711. The van der Waals surface area contributed by atoms with Gasteiger partial charge in [0.25, 0.3) is 10.0 Å². The van der Waals surface area contributed by atoms with E-state index in [9.17, 15) is 8.42 Å². The number of aryl methyl sites for hydroxylation is 1. The van der Waals surface area contributed by atoms with Gasteiger partial charge in [-0.15, -0.1) is 11.3 Å². The Hall–Kier alpha value is -0.890. The lowest BCUT2D eigenvalue weighted by molar-refractivity contribution is 0.603. The van der Waals surface area contributed by atoms with E-state index in [1.165, 1.54) is 11.3 Å². The van der Waals surface area contributed by atoms with Gasteiger partial charge in [0.15, 0.2) is 0 Å². The molecule has 0 aliphatic carbocycles. The van der Waals surface area contributed by atoms with Gasteiger partial charge in [-0.1, -0.05) is 6.07 Å². The molecule has 1 aromatic heterocycles. The van der Waals surface area contributed by atoms with Gasteiger partial charge in [0.1, 0.15) is 4.21 Å². The first-order valence-corrected chi connectivity index (χ1v) is 9.04. The minimum Gasteiger partial charge on any atom is -0.315 e. The summed E-state index contributed by atoms with van der Waals surface area (Å²) < 4.78 is 28.3. The Morgan fingerprint density at radius 1 is 1.25 bits per heavy atom. The molecule has 0 saturated heterocycles. The van der Waals surface area contributed by atoms with Crippen molar-refractivity contribution in [3.8, 4) is 0 Å². The molecule has 0 bridgehead atoms. The molecule has 0 aliphatic heterocycles. The molecule has 2 aromatic rings. The van der Waals surface area contributed by atoms with Crippen LogP contribution in [0.15, 0.2) is 39.0 Å². The summed E-state index contributed by atoms with van der Waals surface area (Å²) in [6, 6.07) is 8.93. The van der Waals surface area contributed by atoms with E-state index in [2.05, 4.69) is 26.0 Å². The summed E-state index contributed by atoms with van der Waals surface area (Å²) in [5.74, 6) is 0. The van der Waals surface area contributed by atoms with E-state index >= 15 is 0 Å². The molecule has 0 aliphatic rings. The van der Waals surface area contributed by atoms with Crippen LogP contribution in [0, 0.1) is 6.92 Å². The van der Waals surface area contributed by atoms with Gasteiger partial charge in [-0.25, -0.2) is 8.42 Å². The second-order valence-electron chi connectivity index (χ2n) is 4.34. The lowest BCUT2D eigenvalue weighted by atomic mass is 10.2. The number of hydrogen-bond donors (Lipinski definition) is 2. The molecule has 2 N–H and O–H groups in total. The van der Waals surface area contributed by atoms with Gasteiger partial charge in [-0.05, 0) is 59.7 Å². The first-order valence-electron chi connectivity index (χ1n) is 5.94. The summed E-state index contributed by atoms with van der Waals surface area (Å²) in [5, 5.41) is 3.00. The van der Waals surface area contributed by atoms with Crippen LogP contribution in [0.25, 0.3) is 0 Å². The van der Waals surface area contributed by atoms with Crippen LogP contribution < -0.4 is 10.0 Å². The van der Waals surface area contributed by atoms with E-state index in [-0.39, 0.29) is 0 Å². The fourth-order valence-electron chi connectivity index (χ4n) is 1.67. The van der Waals surface area contributed by atoms with E-state index in [0.29, 0.717) is 16.4 Å². The van der Waals surface area contributed by atoms with Crippen LogP contribution in [0.4, 0.5) is 5.69 Å². The standard InChI is InChI=1S/C13H15BrN2O2S2/c1-9-3-5-12(11(14)7-9)16-20(17,18)13-6-4-10(19-13)8-15-2/h3-7,15-16H,8H2,1-2H3. The third kappa shape index (κ3) is 3.60. The molecule has 0 spiro atoms. The normalized spacial score (nSPS) is 11.6. The number of halogens is 1. The second kappa shape index (κ2) is 6.26. The van der Waals surface area contributed by atoms with Crippen LogP contribution in [-0.4, -0.2) is 15.5 Å². The molecule has 1 aromatic carbocycles. The molecule has 0 fully saturated rings. The summed E-state index contributed by atoms with van der Waals surface area (Å²) in [5.41, 5.74) is 1.60. The maximum atomic E-state index is 12.3.